The van der Waals surface area contributed by atoms with Crippen LogP contribution in [0.2, 0.25) is 0 Å². The van der Waals surface area contributed by atoms with E-state index in [0.717, 1.165) is 17.9 Å². The maximum atomic E-state index is 13.3. The Morgan fingerprint density at radius 2 is 1.72 bits per heavy atom. The highest BCUT2D eigenvalue weighted by molar-refractivity contribution is 5.90. The van der Waals surface area contributed by atoms with E-state index in [2.05, 4.69) is 11.8 Å². The van der Waals surface area contributed by atoms with Crippen molar-refractivity contribution >= 4 is 5.91 Å². The molecule has 18 heavy (non-hydrogen) atoms. The zero-order chi connectivity index (χ0) is 13.8. The van der Waals surface area contributed by atoms with Crippen molar-refractivity contribution in [3.63, 3.8) is 0 Å². The molecule has 0 aliphatic rings. The van der Waals surface area contributed by atoms with Gasteiger partial charge < -0.3 is 0 Å². The molecule has 0 heterocycles. The van der Waals surface area contributed by atoms with E-state index >= 15 is 0 Å². The van der Waals surface area contributed by atoms with E-state index in [9.17, 15) is 9.18 Å². The number of nitrogens with zero attached hydrogens (tertiary/aromatic N) is 1. The third-order valence-corrected chi connectivity index (χ3v) is 2.90. The summed E-state index contributed by atoms with van der Waals surface area (Å²) in [6.07, 6.45) is 10.3. The maximum absolute atomic E-state index is 13.3. The molecule has 0 radical (unpaired) electrons. The molecule has 0 rings (SSSR count). The molecule has 106 valence electrons. The highest BCUT2D eigenvalue weighted by Gasteiger charge is 2.13. The van der Waals surface area contributed by atoms with Crippen molar-refractivity contribution in [2.75, 3.05) is 14.2 Å². The second kappa shape index (κ2) is 11.2. The molecule has 0 saturated heterocycles. The lowest BCUT2D eigenvalue weighted by Crippen LogP contribution is -2.25. The van der Waals surface area contributed by atoms with Crippen LogP contribution in [0.4, 0.5) is 4.39 Å². The fraction of sp³-hybridized carbons (Fsp3) is 0.786. The third kappa shape index (κ3) is 8.23. The SMILES string of the molecule is CCCCCCCCC/C=C(\F)C(=O)N(C)OC. The number of amides is 1. The van der Waals surface area contributed by atoms with E-state index in [-0.39, 0.29) is 0 Å². The van der Waals surface area contributed by atoms with Gasteiger partial charge in [0.2, 0.25) is 0 Å². The molecule has 0 aromatic heterocycles. The molecule has 0 saturated carbocycles. The molecule has 0 atom stereocenters. The molecule has 0 N–H and O–H groups in total. The molecule has 0 aromatic carbocycles. The van der Waals surface area contributed by atoms with Crippen LogP contribution < -0.4 is 0 Å². The Bertz CT molecular complexity index is 254. The third-order valence-electron chi connectivity index (χ3n) is 2.90. The lowest BCUT2D eigenvalue weighted by molar-refractivity contribution is -0.165. The first-order valence-electron chi connectivity index (χ1n) is 6.81. The Labute approximate surface area is 110 Å². The molecule has 0 fully saturated rings. The van der Waals surface area contributed by atoms with Gasteiger partial charge in [-0.05, 0) is 18.9 Å². The first-order chi connectivity index (χ1) is 8.63. The summed E-state index contributed by atoms with van der Waals surface area (Å²) in [6, 6.07) is 0. The topological polar surface area (TPSA) is 29.5 Å². The number of likely N-dealkylation sites (N-methyl/N-ethyl adjacent to an activating group) is 1. The summed E-state index contributed by atoms with van der Waals surface area (Å²) in [5.74, 6) is -1.45. The van der Waals surface area contributed by atoms with Gasteiger partial charge >= 0.3 is 5.91 Å². The lowest BCUT2D eigenvalue weighted by Gasteiger charge is -2.11. The van der Waals surface area contributed by atoms with Gasteiger partial charge in [-0.15, -0.1) is 0 Å². The first-order valence-corrected chi connectivity index (χ1v) is 6.81. The van der Waals surface area contributed by atoms with Crippen LogP contribution in [0.3, 0.4) is 0 Å². The number of allylic oxidation sites excluding steroid dienone is 1. The Hall–Kier alpha value is -0.900. The number of hydroxylamine groups is 2. The minimum Gasteiger partial charge on any atom is -0.274 e. The highest BCUT2D eigenvalue weighted by Crippen LogP contribution is 2.10. The summed E-state index contributed by atoms with van der Waals surface area (Å²) < 4.78 is 13.3. The number of carbonyl (C=O) groups excluding carboxylic acids is 1. The zero-order valence-corrected chi connectivity index (χ0v) is 11.9. The van der Waals surface area contributed by atoms with E-state index in [1.54, 1.807) is 0 Å². The number of hydrogen-bond donors (Lipinski definition) is 0. The molecule has 0 aromatic rings. The summed E-state index contributed by atoms with van der Waals surface area (Å²) in [4.78, 5) is 15.9. The van der Waals surface area contributed by atoms with E-state index < -0.39 is 11.7 Å². The number of carbonyl (C=O) groups is 1. The van der Waals surface area contributed by atoms with Crippen molar-refractivity contribution in [3.05, 3.63) is 11.9 Å². The Kier molecular flexibility index (Phi) is 10.6. The van der Waals surface area contributed by atoms with E-state index in [0.29, 0.717) is 6.42 Å². The fourth-order valence-corrected chi connectivity index (χ4v) is 1.65. The first kappa shape index (κ1) is 17.1. The summed E-state index contributed by atoms with van der Waals surface area (Å²) in [5, 5.41) is 0.885. The molecule has 0 aliphatic carbocycles. The molecule has 0 unspecified atom stereocenters. The molecular weight excluding hydrogens is 233 g/mol. The summed E-state index contributed by atoms with van der Waals surface area (Å²) >= 11 is 0. The number of halogens is 1. The van der Waals surface area contributed by atoms with Crippen LogP contribution >= 0.6 is 0 Å². The highest BCUT2D eigenvalue weighted by atomic mass is 19.1. The predicted octanol–water partition coefficient (Wildman–Crippen LogP) is 4.00. The predicted molar refractivity (Wildman–Crippen MR) is 71.6 cm³/mol. The van der Waals surface area contributed by atoms with Gasteiger partial charge in [0.15, 0.2) is 5.83 Å². The van der Waals surface area contributed by atoms with Crippen molar-refractivity contribution < 1.29 is 14.0 Å². The lowest BCUT2D eigenvalue weighted by atomic mass is 10.1. The largest absolute Gasteiger partial charge is 0.305 e. The smallest absolute Gasteiger partial charge is 0.274 e. The zero-order valence-electron chi connectivity index (χ0n) is 11.9. The number of hydrogen-bond acceptors (Lipinski definition) is 2. The Morgan fingerprint density at radius 1 is 1.17 bits per heavy atom. The minimum atomic E-state index is -0.731. The van der Waals surface area contributed by atoms with Crippen molar-refractivity contribution in [2.45, 2.75) is 58.3 Å². The van der Waals surface area contributed by atoms with Crippen molar-refractivity contribution in [1.29, 1.82) is 0 Å². The van der Waals surface area contributed by atoms with Crippen LogP contribution in [0.15, 0.2) is 11.9 Å². The standard InChI is InChI=1S/C14H26FNO2/c1-4-5-6-7-8-9-10-11-12-13(15)14(17)16(2)18-3/h12H,4-11H2,1-3H3/b13-12-. The van der Waals surface area contributed by atoms with Crippen LogP contribution in [0.25, 0.3) is 0 Å². The van der Waals surface area contributed by atoms with Gasteiger partial charge in [-0.3, -0.25) is 9.63 Å². The van der Waals surface area contributed by atoms with E-state index in [4.69, 9.17) is 0 Å². The van der Waals surface area contributed by atoms with Crippen LogP contribution in [-0.4, -0.2) is 25.1 Å². The van der Waals surface area contributed by atoms with Crippen LogP contribution in [0, 0.1) is 0 Å². The van der Waals surface area contributed by atoms with Gasteiger partial charge in [0, 0.05) is 7.05 Å². The molecule has 0 bridgehead atoms. The molecule has 1 amide bonds. The fourth-order valence-electron chi connectivity index (χ4n) is 1.65. The van der Waals surface area contributed by atoms with Crippen molar-refractivity contribution in [1.82, 2.24) is 5.06 Å². The summed E-state index contributed by atoms with van der Waals surface area (Å²) in [7, 11) is 2.73. The van der Waals surface area contributed by atoms with Gasteiger partial charge in [0.1, 0.15) is 0 Å². The maximum Gasteiger partial charge on any atom is 0.305 e. The van der Waals surface area contributed by atoms with Gasteiger partial charge in [0.25, 0.3) is 0 Å². The monoisotopic (exact) mass is 259 g/mol. The minimum absolute atomic E-state index is 0.614. The summed E-state index contributed by atoms with van der Waals surface area (Å²) in [6.45, 7) is 2.20. The molecule has 0 aliphatic heterocycles. The average Bonchev–Trinajstić information content (AvgIpc) is 2.39. The Morgan fingerprint density at radius 3 is 2.28 bits per heavy atom. The number of rotatable bonds is 10. The van der Waals surface area contributed by atoms with E-state index in [1.165, 1.54) is 52.3 Å². The van der Waals surface area contributed by atoms with Gasteiger partial charge in [-0.1, -0.05) is 45.4 Å². The van der Waals surface area contributed by atoms with Gasteiger partial charge in [0.05, 0.1) is 7.11 Å². The van der Waals surface area contributed by atoms with Crippen LogP contribution in [-0.2, 0) is 9.63 Å². The molecule has 0 spiro atoms. The quantitative estimate of drug-likeness (QED) is 0.337. The second-order valence-electron chi connectivity index (χ2n) is 4.45. The van der Waals surface area contributed by atoms with Gasteiger partial charge in [-0.25, -0.2) is 9.45 Å². The van der Waals surface area contributed by atoms with Crippen LogP contribution in [0.5, 0.6) is 0 Å². The van der Waals surface area contributed by atoms with Gasteiger partial charge in [-0.2, -0.15) is 0 Å². The number of unbranched alkanes of at least 4 members (excludes halogenated alkanes) is 7. The normalized spacial score (nSPS) is 11.7. The molecular formula is C14H26FNO2. The molecule has 4 heteroatoms. The average molecular weight is 259 g/mol. The summed E-state index contributed by atoms with van der Waals surface area (Å²) in [5.41, 5.74) is 0. The Balaban J connectivity index is 3.60. The second-order valence-corrected chi connectivity index (χ2v) is 4.45. The van der Waals surface area contributed by atoms with Crippen molar-refractivity contribution in [2.24, 2.45) is 0 Å². The van der Waals surface area contributed by atoms with Crippen LogP contribution in [0.1, 0.15) is 58.3 Å². The van der Waals surface area contributed by atoms with Crippen molar-refractivity contribution in [3.8, 4) is 0 Å². The van der Waals surface area contributed by atoms with E-state index in [1.807, 2.05) is 0 Å². The molecule has 3 nitrogen and oxygen atoms in total.